The fourth-order valence-electron chi connectivity index (χ4n) is 2.35. The molecule has 2 aromatic rings. The number of halogens is 1. The maximum atomic E-state index is 13.5. The monoisotopic (exact) mass is 271 g/mol. The lowest BCUT2D eigenvalue weighted by molar-refractivity contribution is 0.571. The maximum absolute atomic E-state index is 13.5. The number of benzene rings is 2. The molecular formula is C18H22FN. The quantitative estimate of drug-likeness (QED) is 0.818. The summed E-state index contributed by atoms with van der Waals surface area (Å²) < 4.78 is 13.5. The van der Waals surface area contributed by atoms with E-state index in [4.69, 9.17) is 0 Å². The van der Waals surface area contributed by atoms with Crippen LogP contribution in [0.25, 0.3) is 11.1 Å². The van der Waals surface area contributed by atoms with Crippen molar-refractivity contribution in [1.82, 2.24) is 5.32 Å². The van der Waals surface area contributed by atoms with Crippen LogP contribution in [0.2, 0.25) is 0 Å². The molecule has 0 aromatic heterocycles. The largest absolute Gasteiger partial charge is 0.310 e. The number of hydrogen-bond acceptors (Lipinski definition) is 1. The molecule has 106 valence electrons. The Morgan fingerprint density at radius 1 is 1.05 bits per heavy atom. The summed E-state index contributed by atoms with van der Waals surface area (Å²) in [5, 5.41) is 3.47. The van der Waals surface area contributed by atoms with E-state index >= 15 is 0 Å². The van der Waals surface area contributed by atoms with Gasteiger partial charge in [0.15, 0.2) is 0 Å². The molecule has 0 spiro atoms. The van der Waals surface area contributed by atoms with Crippen LogP contribution in [-0.4, -0.2) is 6.54 Å². The molecule has 0 bridgehead atoms. The highest BCUT2D eigenvalue weighted by atomic mass is 19.1. The highest BCUT2D eigenvalue weighted by molar-refractivity contribution is 5.64. The fourth-order valence-corrected chi connectivity index (χ4v) is 2.35. The molecular weight excluding hydrogens is 249 g/mol. The van der Waals surface area contributed by atoms with Crippen LogP contribution in [0, 0.1) is 12.7 Å². The van der Waals surface area contributed by atoms with Crippen LogP contribution in [-0.2, 0) is 0 Å². The smallest absolute Gasteiger partial charge is 0.124 e. The molecule has 1 N–H and O–H groups in total. The third-order valence-corrected chi connectivity index (χ3v) is 3.49. The van der Waals surface area contributed by atoms with Crippen LogP contribution in [0.15, 0.2) is 42.5 Å². The summed E-state index contributed by atoms with van der Waals surface area (Å²) in [6.45, 7) is 7.26. The van der Waals surface area contributed by atoms with E-state index in [9.17, 15) is 4.39 Å². The molecule has 20 heavy (non-hydrogen) atoms. The van der Waals surface area contributed by atoms with Crippen molar-refractivity contribution < 1.29 is 4.39 Å². The van der Waals surface area contributed by atoms with E-state index in [-0.39, 0.29) is 5.82 Å². The summed E-state index contributed by atoms with van der Waals surface area (Å²) in [6.07, 6.45) is 1.13. The second kappa shape index (κ2) is 6.67. The molecule has 0 aliphatic rings. The summed E-state index contributed by atoms with van der Waals surface area (Å²) in [6, 6.07) is 13.8. The van der Waals surface area contributed by atoms with Crippen molar-refractivity contribution in [3.8, 4) is 11.1 Å². The van der Waals surface area contributed by atoms with Crippen LogP contribution < -0.4 is 5.32 Å². The molecule has 0 aliphatic carbocycles. The predicted octanol–water partition coefficient (Wildman–Crippen LogP) is 4.86. The highest BCUT2D eigenvalue weighted by Crippen LogP contribution is 2.24. The van der Waals surface area contributed by atoms with Crippen LogP contribution >= 0.6 is 0 Å². The van der Waals surface area contributed by atoms with Crippen molar-refractivity contribution in [3.63, 3.8) is 0 Å². The molecule has 2 heteroatoms. The summed E-state index contributed by atoms with van der Waals surface area (Å²) >= 11 is 0. The first kappa shape index (κ1) is 14.7. The van der Waals surface area contributed by atoms with Gasteiger partial charge in [0, 0.05) is 6.04 Å². The second-order valence-electron chi connectivity index (χ2n) is 5.32. The SMILES string of the molecule is CCCNC(C)c1ccc(-c2cc(C)cc(F)c2)cc1. The normalized spacial score (nSPS) is 12.4. The molecule has 0 fully saturated rings. The Hall–Kier alpha value is -1.67. The van der Waals surface area contributed by atoms with Gasteiger partial charge in [-0.25, -0.2) is 4.39 Å². The zero-order chi connectivity index (χ0) is 14.5. The van der Waals surface area contributed by atoms with E-state index < -0.39 is 0 Å². The molecule has 2 rings (SSSR count). The van der Waals surface area contributed by atoms with Crippen LogP contribution in [0.3, 0.4) is 0 Å². The Morgan fingerprint density at radius 3 is 2.35 bits per heavy atom. The molecule has 1 unspecified atom stereocenters. The van der Waals surface area contributed by atoms with Gasteiger partial charge < -0.3 is 5.32 Å². The Balaban J connectivity index is 2.19. The van der Waals surface area contributed by atoms with Crippen LogP contribution in [0.1, 0.15) is 37.4 Å². The number of rotatable bonds is 5. The summed E-state index contributed by atoms with van der Waals surface area (Å²) in [5.41, 5.74) is 4.19. The molecule has 0 saturated heterocycles. The fraction of sp³-hybridized carbons (Fsp3) is 0.333. The Kier molecular flexibility index (Phi) is 4.91. The Morgan fingerprint density at radius 2 is 1.75 bits per heavy atom. The number of hydrogen-bond donors (Lipinski definition) is 1. The van der Waals surface area contributed by atoms with Crippen molar-refractivity contribution in [3.05, 3.63) is 59.4 Å². The summed E-state index contributed by atoms with van der Waals surface area (Å²) in [5.74, 6) is -0.179. The third kappa shape index (κ3) is 3.67. The second-order valence-corrected chi connectivity index (χ2v) is 5.32. The average molecular weight is 271 g/mol. The van der Waals surface area contributed by atoms with Crippen LogP contribution in [0.4, 0.5) is 4.39 Å². The van der Waals surface area contributed by atoms with Gasteiger partial charge in [-0.1, -0.05) is 37.3 Å². The van der Waals surface area contributed by atoms with Crippen molar-refractivity contribution in [1.29, 1.82) is 0 Å². The molecule has 1 nitrogen and oxygen atoms in total. The first-order valence-electron chi connectivity index (χ1n) is 7.21. The van der Waals surface area contributed by atoms with Gasteiger partial charge >= 0.3 is 0 Å². The first-order chi connectivity index (χ1) is 9.60. The van der Waals surface area contributed by atoms with E-state index in [0.717, 1.165) is 29.7 Å². The van der Waals surface area contributed by atoms with Crippen molar-refractivity contribution >= 4 is 0 Å². The van der Waals surface area contributed by atoms with Crippen molar-refractivity contribution in [2.24, 2.45) is 0 Å². The van der Waals surface area contributed by atoms with Gasteiger partial charge in [-0.15, -0.1) is 0 Å². The van der Waals surface area contributed by atoms with Gasteiger partial charge in [0.25, 0.3) is 0 Å². The predicted molar refractivity (Wildman–Crippen MR) is 83.3 cm³/mol. The topological polar surface area (TPSA) is 12.0 Å². The molecule has 0 amide bonds. The Labute approximate surface area is 120 Å². The first-order valence-corrected chi connectivity index (χ1v) is 7.21. The molecule has 0 aliphatic heterocycles. The van der Waals surface area contributed by atoms with E-state index in [1.165, 1.54) is 5.56 Å². The van der Waals surface area contributed by atoms with Crippen molar-refractivity contribution in [2.75, 3.05) is 6.54 Å². The average Bonchev–Trinajstić information content (AvgIpc) is 2.44. The van der Waals surface area contributed by atoms with Gasteiger partial charge in [-0.05, 0) is 61.2 Å². The van der Waals surface area contributed by atoms with Gasteiger partial charge in [-0.3, -0.25) is 0 Å². The Bertz CT molecular complexity index is 540. The zero-order valence-corrected chi connectivity index (χ0v) is 12.4. The molecule has 0 saturated carbocycles. The van der Waals surface area contributed by atoms with Gasteiger partial charge in [0.1, 0.15) is 5.82 Å². The summed E-state index contributed by atoms with van der Waals surface area (Å²) in [7, 11) is 0. The minimum atomic E-state index is -0.179. The minimum Gasteiger partial charge on any atom is -0.310 e. The number of nitrogens with one attached hydrogen (secondary N) is 1. The maximum Gasteiger partial charge on any atom is 0.124 e. The van der Waals surface area contributed by atoms with Gasteiger partial charge in [-0.2, -0.15) is 0 Å². The van der Waals surface area contributed by atoms with Crippen LogP contribution in [0.5, 0.6) is 0 Å². The van der Waals surface area contributed by atoms with E-state index in [1.54, 1.807) is 12.1 Å². The molecule has 2 aromatic carbocycles. The van der Waals surface area contributed by atoms with E-state index in [0.29, 0.717) is 6.04 Å². The molecule has 0 radical (unpaired) electrons. The molecule has 0 heterocycles. The zero-order valence-electron chi connectivity index (χ0n) is 12.4. The summed E-state index contributed by atoms with van der Waals surface area (Å²) in [4.78, 5) is 0. The number of aryl methyl sites for hydroxylation is 1. The molecule has 1 atom stereocenters. The third-order valence-electron chi connectivity index (χ3n) is 3.49. The lowest BCUT2D eigenvalue weighted by Crippen LogP contribution is -2.19. The van der Waals surface area contributed by atoms with Gasteiger partial charge in [0.2, 0.25) is 0 Å². The van der Waals surface area contributed by atoms with Gasteiger partial charge in [0.05, 0.1) is 0 Å². The highest BCUT2D eigenvalue weighted by Gasteiger charge is 2.05. The van der Waals surface area contributed by atoms with E-state index in [2.05, 4.69) is 43.4 Å². The lowest BCUT2D eigenvalue weighted by Gasteiger charge is -2.14. The van der Waals surface area contributed by atoms with Crippen molar-refractivity contribution in [2.45, 2.75) is 33.2 Å². The minimum absolute atomic E-state index is 0.179. The standard InChI is InChI=1S/C18H22FN/c1-4-9-20-14(3)15-5-7-16(8-6-15)17-10-13(2)11-18(19)12-17/h5-8,10-12,14,20H,4,9H2,1-3H3. The lowest BCUT2D eigenvalue weighted by atomic mass is 10.00. The van der Waals surface area contributed by atoms with E-state index in [1.807, 2.05) is 13.0 Å².